The highest BCUT2D eigenvalue weighted by Gasteiger charge is 1.87. The highest BCUT2D eigenvalue weighted by molar-refractivity contribution is 6.28. The fourth-order valence-electron chi connectivity index (χ4n) is 0.530. The van der Waals surface area contributed by atoms with Crippen LogP contribution in [0.15, 0.2) is 25.2 Å². The fraction of sp³-hybridized carbons (Fsp3) is 0. The first-order valence-electron chi connectivity index (χ1n) is 2.78. The monoisotopic (exact) mass is 131 g/mol. The predicted octanol–water partition coefficient (Wildman–Crippen LogP) is -0.174. The Kier molecular flexibility index (Phi) is 2.05. The molecule has 0 aliphatic carbocycles. The molecule has 3 nitrogen and oxygen atoms in total. The van der Waals surface area contributed by atoms with Gasteiger partial charge in [-0.2, -0.15) is 0 Å². The van der Waals surface area contributed by atoms with E-state index < -0.39 is 0 Å². The van der Waals surface area contributed by atoms with Gasteiger partial charge in [0.25, 0.3) is 0 Å². The summed E-state index contributed by atoms with van der Waals surface area (Å²) in [4.78, 5) is 7.51. The second kappa shape index (κ2) is 3.01. The van der Waals surface area contributed by atoms with Gasteiger partial charge < -0.3 is 5.32 Å². The van der Waals surface area contributed by atoms with E-state index in [-0.39, 0.29) is 5.72 Å². The van der Waals surface area contributed by atoms with Crippen molar-refractivity contribution in [3.8, 4) is 0 Å². The average Bonchev–Trinajstić information content (AvgIpc) is 1.95. The molecule has 0 atom stereocenters. The average molecular weight is 131 g/mol. The first kappa shape index (κ1) is 6.80. The minimum atomic E-state index is 0.273. The molecule has 0 fully saturated rings. The Balaban J connectivity index is 2.78. The summed E-state index contributed by atoms with van der Waals surface area (Å²) in [6.45, 7) is 3.48. The van der Waals surface area contributed by atoms with Crippen LogP contribution in [0.4, 0.5) is 5.69 Å². The van der Waals surface area contributed by atoms with Crippen LogP contribution in [0.5, 0.6) is 0 Å². The minimum absolute atomic E-state index is 0.273. The molecule has 0 aliphatic heterocycles. The second-order valence-electron chi connectivity index (χ2n) is 1.68. The number of anilines is 1. The number of hydrogen-bond donors (Lipinski definition) is 1. The molecular formula is C6H6BN3. The molecule has 0 saturated heterocycles. The van der Waals surface area contributed by atoms with Gasteiger partial charge in [0, 0.05) is 0 Å². The van der Waals surface area contributed by atoms with Crippen LogP contribution >= 0.6 is 0 Å². The second-order valence-corrected chi connectivity index (χ2v) is 1.68. The number of nitrogens with one attached hydrogen (secondary N) is 1. The summed E-state index contributed by atoms with van der Waals surface area (Å²) in [5.41, 5.74) is 1.05. The van der Waals surface area contributed by atoms with E-state index in [2.05, 4.69) is 21.9 Å². The van der Waals surface area contributed by atoms with Gasteiger partial charge in [0.1, 0.15) is 0 Å². The summed E-state index contributed by atoms with van der Waals surface area (Å²) in [6, 6.07) is 0. The quantitative estimate of drug-likeness (QED) is 0.566. The van der Waals surface area contributed by atoms with Crippen molar-refractivity contribution in [2.24, 2.45) is 0 Å². The Morgan fingerprint density at radius 2 is 2.10 bits per heavy atom. The fourth-order valence-corrected chi connectivity index (χ4v) is 0.530. The lowest BCUT2D eigenvalue weighted by atomic mass is 10.1. The van der Waals surface area contributed by atoms with Crippen LogP contribution in [0.25, 0.3) is 0 Å². The summed E-state index contributed by atoms with van der Waals surface area (Å²) in [5.74, 6) is 0. The molecule has 0 amide bonds. The Bertz CT molecular complexity index is 219. The zero-order valence-corrected chi connectivity index (χ0v) is 5.41. The molecule has 0 bridgehead atoms. The van der Waals surface area contributed by atoms with Crippen molar-refractivity contribution in [3.63, 3.8) is 0 Å². The normalized spacial score (nSPS) is 8.80. The third kappa shape index (κ3) is 1.58. The lowest BCUT2D eigenvalue weighted by Gasteiger charge is -1.97. The van der Waals surface area contributed by atoms with Gasteiger partial charge >= 0.3 is 0 Å². The first-order chi connectivity index (χ1) is 4.83. The molecule has 0 saturated carbocycles. The van der Waals surface area contributed by atoms with E-state index in [9.17, 15) is 0 Å². The van der Waals surface area contributed by atoms with E-state index >= 15 is 0 Å². The van der Waals surface area contributed by atoms with Crippen LogP contribution in [0.2, 0.25) is 0 Å². The molecule has 1 aromatic heterocycles. The van der Waals surface area contributed by atoms with Gasteiger partial charge in [0.05, 0.1) is 23.8 Å². The third-order valence-electron chi connectivity index (χ3n) is 0.941. The molecule has 1 heterocycles. The predicted molar refractivity (Wildman–Crippen MR) is 41.2 cm³/mol. The number of hydrogen-bond acceptors (Lipinski definition) is 3. The molecule has 48 valence electrons. The lowest BCUT2D eigenvalue weighted by molar-refractivity contribution is 1.23. The van der Waals surface area contributed by atoms with E-state index in [4.69, 9.17) is 7.85 Å². The van der Waals surface area contributed by atoms with Crippen molar-refractivity contribution in [1.82, 2.24) is 9.97 Å². The number of rotatable bonds is 2. The molecule has 10 heavy (non-hydrogen) atoms. The molecule has 0 unspecified atom stereocenters. The standard InChI is InChI=1S/C6H6BN3/c1-2-8-5-3-9-6(7)10-4-5/h2-4,8H,1H2. The van der Waals surface area contributed by atoms with E-state index in [1.54, 1.807) is 18.6 Å². The molecule has 1 rings (SSSR count). The highest BCUT2D eigenvalue weighted by atomic mass is 14.9. The Hall–Kier alpha value is -1.32. The first-order valence-corrected chi connectivity index (χ1v) is 2.78. The highest BCUT2D eigenvalue weighted by Crippen LogP contribution is 1.97. The smallest absolute Gasteiger partial charge is 0.170 e. The minimum Gasteiger partial charge on any atom is -0.360 e. The van der Waals surface area contributed by atoms with Crippen LogP contribution in [0, 0.1) is 0 Å². The van der Waals surface area contributed by atoms with Gasteiger partial charge in [-0.05, 0) is 6.20 Å². The summed E-state index contributed by atoms with van der Waals surface area (Å²) in [7, 11) is 5.25. The van der Waals surface area contributed by atoms with E-state index in [1.165, 1.54) is 0 Å². The zero-order valence-electron chi connectivity index (χ0n) is 5.41. The number of nitrogens with zero attached hydrogens (tertiary/aromatic N) is 2. The molecule has 2 radical (unpaired) electrons. The van der Waals surface area contributed by atoms with Gasteiger partial charge in [0.2, 0.25) is 0 Å². The number of aromatic nitrogens is 2. The van der Waals surface area contributed by atoms with Crippen LogP contribution in [0.3, 0.4) is 0 Å². The SMILES string of the molecule is [B]c1ncc(NC=C)cn1. The maximum absolute atomic E-state index is 5.25. The van der Waals surface area contributed by atoms with Gasteiger partial charge in [-0.3, -0.25) is 9.97 Å². The molecule has 0 aliphatic rings. The lowest BCUT2D eigenvalue weighted by Crippen LogP contribution is -2.11. The molecule has 1 aromatic rings. The van der Waals surface area contributed by atoms with E-state index in [1.807, 2.05) is 0 Å². The van der Waals surface area contributed by atoms with Crippen LogP contribution in [-0.4, -0.2) is 17.8 Å². The Labute approximate surface area is 60.6 Å². The summed E-state index contributed by atoms with van der Waals surface area (Å²) in [5, 5.41) is 2.82. The van der Waals surface area contributed by atoms with E-state index in [0.29, 0.717) is 0 Å². The largest absolute Gasteiger partial charge is 0.360 e. The van der Waals surface area contributed by atoms with Crippen molar-refractivity contribution in [1.29, 1.82) is 0 Å². The van der Waals surface area contributed by atoms with Crippen LogP contribution < -0.4 is 11.0 Å². The summed E-state index contributed by atoms with van der Waals surface area (Å²) in [6.07, 6.45) is 4.73. The summed E-state index contributed by atoms with van der Waals surface area (Å²) >= 11 is 0. The van der Waals surface area contributed by atoms with Crippen molar-refractivity contribution in [2.75, 3.05) is 5.32 Å². The van der Waals surface area contributed by atoms with Crippen molar-refractivity contribution >= 4 is 19.3 Å². The maximum Gasteiger partial charge on any atom is 0.170 e. The molecular weight excluding hydrogens is 125 g/mol. The summed E-state index contributed by atoms with van der Waals surface area (Å²) < 4.78 is 0. The third-order valence-corrected chi connectivity index (χ3v) is 0.941. The maximum atomic E-state index is 5.25. The van der Waals surface area contributed by atoms with Gasteiger partial charge in [-0.1, -0.05) is 6.58 Å². The van der Waals surface area contributed by atoms with Crippen LogP contribution in [0.1, 0.15) is 0 Å². The van der Waals surface area contributed by atoms with Crippen LogP contribution in [-0.2, 0) is 0 Å². The Morgan fingerprint density at radius 3 is 2.60 bits per heavy atom. The molecule has 0 aromatic carbocycles. The van der Waals surface area contributed by atoms with Crippen molar-refractivity contribution in [3.05, 3.63) is 25.2 Å². The topological polar surface area (TPSA) is 37.8 Å². The van der Waals surface area contributed by atoms with E-state index in [0.717, 1.165) is 5.69 Å². The van der Waals surface area contributed by atoms with Gasteiger partial charge in [-0.25, -0.2) is 0 Å². The molecule has 0 spiro atoms. The van der Waals surface area contributed by atoms with Gasteiger partial charge in [0.15, 0.2) is 7.85 Å². The molecule has 1 N–H and O–H groups in total. The Morgan fingerprint density at radius 1 is 1.50 bits per heavy atom. The van der Waals surface area contributed by atoms with Crippen molar-refractivity contribution < 1.29 is 0 Å². The van der Waals surface area contributed by atoms with Gasteiger partial charge in [-0.15, -0.1) is 0 Å². The zero-order chi connectivity index (χ0) is 7.40. The molecule has 4 heteroatoms. The van der Waals surface area contributed by atoms with Crippen molar-refractivity contribution in [2.45, 2.75) is 0 Å².